The number of carboxylic acids is 1. The number of rotatable bonds is 1. The number of carbonyl (C=O) groups excluding carboxylic acids is 1. The molecule has 13 nitrogen and oxygen atoms in total. The van der Waals surface area contributed by atoms with E-state index in [1.54, 1.807) is 44.2 Å². The normalized spacial score (nSPS) is 42.3. The smallest absolute Gasteiger partial charge is 0.311 e. The number of aliphatic hydroxyl groups is 8. The number of esters is 1. The molecule has 2 aliphatic heterocycles. The van der Waals surface area contributed by atoms with E-state index in [1.807, 2.05) is 55.5 Å². The topological polar surface area (TPSA) is 235 Å². The van der Waals surface area contributed by atoms with Crippen molar-refractivity contribution in [2.75, 3.05) is 0 Å². The molecule has 1 fully saturated rings. The summed E-state index contributed by atoms with van der Waals surface area (Å²) in [6.07, 6.45) is 13.4. The van der Waals surface area contributed by atoms with Gasteiger partial charge in [-0.25, -0.2) is 0 Å². The van der Waals surface area contributed by atoms with Gasteiger partial charge in [0.1, 0.15) is 12.0 Å². The second-order valence-electron chi connectivity index (χ2n) is 14.6. The van der Waals surface area contributed by atoms with Crippen molar-refractivity contribution in [1.29, 1.82) is 0 Å². The van der Waals surface area contributed by atoms with Gasteiger partial charge in [-0.2, -0.15) is 0 Å². The fourth-order valence-corrected chi connectivity index (χ4v) is 6.56. The highest BCUT2D eigenvalue weighted by atomic mass is 16.6. The molecule has 0 unspecified atom stereocenters. The van der Waals surface area contributed by atoms with Crippen LogP contribution in [0.4, 0.5) is 0 Å². The summed E-state index contributed by atoms with van der Waals surface area (Å²) < 4.78 is 11.2. The number of ether oxygens (including phenoxy) is 2. The molecule has 0 aromatic heterocycles. The van der Waals surface area contributed by atoms with Gasteiger partial charge in [0.15, 0.2) is 5.79 Å². The monoisotopic (exact) mass is 762 g/mol. The van der Waals surface area contributed by atoms with Crippen LogP contribution in [0.3, 0.4) is 0 Å². The second-order valence-corrected chi connectivity index (χ2v) is 14.6. The third-order valence-electron chi connectivity index (χ3n) is 9.70. The minimum absolute atomic E-state index is 0.107. The van der Waals surface area contributed by atoms with E-state index in [9.17, 15) is 55.5 Å². The molecule has 2 bridgehead atoms. The third kappa shape index (κ3) is 17.9. The number of aliphatic carboxylic acids is 1. The lowest BCUT2D eigenvalue weighted by Gasteiger charge is -2.44. The molecule has 1 saturated heterocycles. The summed E-state index contributed by atoms with van der Waals surface area (Å²) in [6, 6.07) is 0. The summed E-state index contributed by atoms with van der Waals surface area (Å²) in [7, 11) is 0. The fourth-order valence-electron chi connectivity index (χ4n) is 6.56. The number of carboxylic acid groups (broad SMARTS) is 1. The Morgan fingerprint density at radius 3 is 1.72 bits per heavy atom. The van der Waals surface area contributed by atoms with Gasteiger partial charge >= 0.3 is 11.9 Å². The van der Waals surface area contributed by atoms with Crippen molar-refractivity contribution in [1.82, 2.24) is 0 Å². The van der Waals surface area contributed by atoms with E-state index in [4.69, 9.17) is 9.47 Å². The third-order valence-corrected chi connectivity index (χ3v) is 9.70. The molecule has 0 aromatic rings. The number of aliphatic hydroxyl groups excluding tert-OH is 7. The summed E-state index contributed by atoms with van der Waals surface area (Å²) in [5, 5.41) is 94.9. The lowest BCUT2D eigenvalue weighted by Crippen LogP contribution is -2.56. The quantitative estimate of drug-likeness (QED) is 0.175. The number of allylic oxidation sites excluding steroid dienone is 12. The second kappa shape index (κ2) is 24.3. The van der Waals surface area contributed by atoms with Crippen molar-refractivity contribution < 1.29 is 65.0 Å². The van der Waals surface area contributed by atoms with Gasteiger partial charge in [0, 0.05) is 31.1 Å². The van der Waals surface area contributed by atoms with Crippen LogP contribution in [0.2, 0.25) is 0 Å². The summed E-state index contributed by atoms with van der Waals surface area (Å²) in [4.78, 5) is 24.5. The Labute approximate surface area is 318 Å². The number of hydrogen-bond acceptors (Lipinski definition) is 12. The molecule has 54 heavy (non-hydrogen) atoms. The van der Waals surface area contributed by atoms with Gasteiger partial charge in [0.2, 0.25) is 0 Å². The molecule has 13 heteroatoms. The molecular formula is C41H62O13. The molecule has 0 saturated carbocycles. The summed E-state index contributed by atoms with van der Waals surface area (Å²) in [5.74, 6) is -6.23. The lowest BCUT2D eigenvalue weighted by molar-refractivity contribution is -0.300. The molecule has 0 spiro atoms. The average Bonchev–Trinajstić information content (AvgIpc) is 3.06. The van der Waals surface area contributed by atoms with Crippen molar-refractivity contribution in [3.05, 3.63) is 85.1 Å². The van der Waals surface area contributed by atoms with E-state index in [2.05, 4.69) is 0 Å². The Bertz CT molecular complexity index is 1340. The van der Waals surface area contributed by atoms with E-state index >= 15 is 0 Å². The predicted molar refractivity (Wildman–Crippen MR) is 202 cm³/mol. The zero-order valence-electron chi connectivity index (χ0n) is 31.5. The van der Waals surface area contributed by atoms with Gasteiger partial charge in [0.05, 0.1) is 55.3 Å². The van der Waals surface area contributed by atoms with Crippen molar-refractivity contribution >= 4 is 11.9 Å². The molecule has 2 heterocycles. The molecule has 0 aromatic carbocycles. The van der Waals surface area contributed by atoms with E-state index in [0.717, 1.165) is 0 Å². The van der Waals surface area contributed by atoms with Gasteiger partial charge < -0.3 is 55.4 Å². The van der Waals surface area contributed by atoms with Crippen LogP contribution < -0.4 is 0 Å². The van der Waals surface area contributed by atoms with Gasteiger partial charge in [-0.15, -0.1) is 0 Å². The van der Waals surface area contributed by atoms with Gasteiger partial charge in [-0.1, -0.05) is 98.9 Å². The predicted octanol–water partition coefficient (Wildman–Crippen LogP) is 2.92. The van der Waals surface area contributed by atoms with E-state index < -0.39 is 97.3 Å². The van der Waals surface area contributed by atoms with E-state index in [1.165, 1.54) is 6.08 Å². The maximum Gasteiger partial charge on any atom is 0.311 e. The molecule has 0 amide bonds. The van der Waals surface area contributed by atoms with Crippen LogP contribution >= 0.6 is 0 Å². The van der Waals surface area contributed by atoms with Gasteiger partial charge in [0.25, 0.3) is 0 Å². The molecule has 2 aliphatic rings. The zero-order chi connectivity index (χ0) is 40.3. The standard InChI is InChI=1S/C41H62O13/c1-27-17-14-12-10-8-6-4-5-7-9-11-13-15-18-32(44)23-36-38(40(50)51)35(47)26-41(52,54-36)25-34(46)22-31(43)20-16-19-30(42)21-33(45)24-37(48)53-29(3)28(2)39(27)49/h4-15,17-18,27-36,38-39,42-47,49,52H,16,19-26H2,1-3H3,(H,50,51)/b5-4+,8-6+,9-7+,12-10+,13-11+,17-14+,18-15+/t27-,28-,29-,30+,31-,32-,33+,34-,35-,36-,38+,39+,41+/m0/s1. The van der Waals surface area contributed by atoms with Crippen molar-refractivity contribution in [3.8, 4) is 0 Å². The first-order chi connectivity index (χ1) is 25.5. The highest BCUT2D eigenvalue weighted by molar-refractivity contribution is 5.71. The van der Waals surface area contributed by atoms with Crippen LogP contribution in [0.1, 0.15) is 78.6 Å². The van der Waals surface area contributed by atoms with Crippen LogP contribution in [0.25, 0.3) is 0 Å². The van der Waals surface area contributed by atoms with Crippen LogP contribution in [-0.2, 0) is 19.1 Å². The lowest BCUT2D eigenvalue weighted by atomic mass is 9.83. The minimum atomic E-state index is -2.13. The number of carbonyl (C=O) groups is 2. The molecule has 0 radical (unpaired) electrons. The van der Waals surface area contributed by atoms with E-state index in [0.29, 0.717) is 6.42 Å². The minimum Gasteiger partial charge on any atom is -0.481 e. The number of cyclic esters (lactones) is 1. The molecule has 2 rings (SSSR count). The molecule has 13 atom stereocenters. The van der Waals surface area contributed by atoms with Crippen LogP contribution in [-0.4, -0.2) is 119 Å². The maximum absolute atomic E-state index is 12.5. The van der Waals surface area contributed by atoms with E-state index in [-0.39, 0.29) is 44.4 Å². The van der Waals surface area contributed by atoms with Crippen molar-refractivity contribution in [2.45, 2.75) is 139 Å². The van der Waals surface area contributed by atoms with Crippen LogP contribution in [0.5, 0.6) is 0 Å². The van der Waals surface area contributed by atoms with Crippen molar-refractivity contribution in [2.24, 2.45) is 17.8 Å². The molecular weight excluding hydrogens is 700 g/mol. The first kappa shape index (κ1) is 46.9. The molecule has 0 aliphatic carbocycles. The first-order valence-electron chi connectivity index (χ1n) is 18.8. The Balaban J connectivity index is 2.15. The molecule has 304 valence electrons. The number of fused-ring (bicyclic) bond motifs is 2. The Hall–Kier alpha value is -3.24. The highest BCUT2D eigenvalue weighted by Crippen LogP contribution is 2.37. The van der Waals surface area contributed by atoms with Gasteiger partial charge in [-0.05, 0) is 39.0 Å². The average molecular weight is 763 g/mol. The highest BCUT2D eigenvalue weighted by Gasteiger charge is 2.49. The summed E-state index contributed by atoms with van der Waals surface area (Å²) in [6.45, 7) is 5.30. The summed E-state index contributed by atoms with van der Waals surface area (Å²) in [5.41, 5.74) is 0. The van der Waals surface area contributed by atoms with Crippen LogP contribution in [0, 0.1) is 17.8 Å². The maximum atomic E-state index is 12.5. The first-order valence-corrected chi connectivity index (χ1v) is 18.8. The Kier molecular flexibility index (Phi) is 21.1. The Morgan fingerprint density at radius 1 is 0.685 bits per heavy atom. The SMILES string of the molecule is C[C@@H]1[C@H](O)[C@@H](C)/C=C/C=C/C=C/C=C/C=C/C=C/C=C/[C@H](O)C[C@@H]2O[C@](O)(C[C@@H](O)C[C@@H](O)CCC[C@@H](O)C[C@@H](O)CC(=O)O[C@H]1C)C[C@H](O)[C@H]2C(=O)O. The molecule has 9 N–H and O–H groups in total. The zero-order valence-corrected chi connectivity index (χ0v) is 31.5. The largest absolute Gasteiger partial charge is 0.481 e. The van der Waals surface area contributed by atoms with Gasteiger partial charge in [-0.3, -0.25) is 9.59 Å². The fraction of sp³-hybridized carbons (Fsp3) is 0.610. The summed E-state index contributed by atoms with van der Waals surface area (Å²) >= 11 is 0. The number of hydrogen-bond donors (Lipinski definition) is 9. The Morgan fingerprint density at radius 2 is 1.19 bits per heavy atom. The van der Waals surface area contributed by atoms with Crippen molar-refractivity contribution in [3.63, 3.8) is 0 Å². The van der Waals surface area contributed by atoms with Crippen LogP contribution in [0.15, 0.2) is 85.1 Å².